The van der Waals surface area contributed by atoms with Crippen molar-refractivity contribution in [1.82, 2.24) is 0 Å². The van der Waals surface area contributed by atoms with Crippen LogP contribution in [-0.4, -0.2) is 18.6 Å². The van der Waals surface area contributed by atoms with Gasteiger partial charge in [0.25, 0.3) is 0 Å². The monoisotopic (exact) mass is 171 g/mol. The highest BCUT2D eigenvalue weighted by Crippen LogP contribution is 2.45. The van der Waals surface area contributed by atoms with E-state index in [9.17, 15) is 4.79 Å². The number of ether oxygens (including phenoxy) is 1. The van der Waals surface area contributed by atoms with Crippen molar-refractivity contribution >= 4 is 5.97 Å². The molecule has 3 nitrogen and oxygen atoms in total. The highest BCUT2D eigenvalue weighted by atomic mass is 16.5. The van der Waals surface area contributed by atoms with Crippen LogP contribution in [0.1, 0.15) is 27.2 Å². The molecule has 0 aliphatic heterocycles. The molecule has 0 radical (unpaired) electrons. The van der Waals surface area contributed by atoms with Gasteiger partial charge in [0.1, 0.15) is 0 Å². The molecule has 2 atom stereocenters. The molecule has 70 valence electrons. The first-order valence-electron chi connectivity index (χ1n) is 4.42. The number of hydrogen-bond donors (Lipinski definition) is 1. The fraction of sp³-hybridized carbons (Fsp3) is 0.889. The number of carbonyl (C=O) groups is 1. The van der Waals surface area contributed by atoms with Crippen molar-refractivity contribution in [1.29, 1.82) is 0 Å². The molecule has 1 aliphatic rings. The number of nitrogens with two attached hydrogens (primary N) is 1. The minimum atomic E-state index is -0.0933. The molecule has 0 saturated heterocycles. The molecule has 1 fully saturated rings. The SMILES string of the molecule is CCOC(=O)[C@@H]1C[C@@H](N)C1(C)C. The van der Waals surface area contributed by atoms with E-state index in [0.29, 0.717) is 6.61 Å². The second kappa shape index (κ2) is 3.05. The van der Waals surface area contributed by atoms with E-state index in [1.54, 1.807) is 0 Å². The topological polar surface area (TPSA) is 52.3 Å². The third-order valence-electron chi connectivity index (χ3n) is 2.91. The average Bonchev–Trinajstić information content (AvgIpc) is 2.00. The van der Waals surface area contributed by atoms with Crippen molar-refractivity contribution in [2.24, 2.45) is 17.1 Å². The van der Waals surface area contributed by atoms with Crippen LogP contribution >= 0.6 is 0 Å². The van der Waals surface area contributed by atoms with E-state index in [1.807, 2.05) is 20.8 Å². The molecule has 2 N–H and O–H groups in total. The molecule has 1 rings (SSSR count). The molecule has 0 aromatic heterocycles. The summed E-state index contributed by atoms with van der Waals surface area (Å²) in [5.41, 5.74) is 5.70. The second-order valence-electron chi connectivity index (χ2n) is 3.97. The highest BCUT2D eigenvalue weighted by molar-refractivity contribution is 5.75. The number of carbonyl (C=O) groups excluding carboxylic acids is 1. The molecule has 0 heterocycles. The Morgan fingerprint density at radius 2 is 2.25 bits per heavy atom. The Morgan fingerprint density at radius 3 is 2.58 bits per heavy atom. The van der Waals surface area contributed by atoms with Gasteiger partial charge in [-0.25, -0.2) is 0 Å². The predicted molar refractivity (Wildman–Crippen MR) is 46.5 cm³/mol. The number of rotatable bonds is 2. The van der Waals surface area contributed by atoms with Gasteiger partial charge in [-0.05, 0) is 18.8 Å². The fourth-order valence-electron chi connectivity index (χ4n) is 1.60. The number of hydrogen-bond acceptors (Lipinski definition) is 3. The zero-order valence-corrected chi connectivity index (χ0v) is 7.96. The standard InChI is InChI=1S/C9H17NO2/c1-4-12-8(11)6-5-7(10)9(6,2)3/h6-7H,4-5,10H2,1-3H3/t6-,7+/m0/s1. The lowest BCUT2D eigenvalue weighted by molar-refractivity contribution is -0.160. The maximum Gasteiger partial charge on any atom is 0.309 e. The van der Waals surface area contributed by atoms with Crippen molar-refractivity contribution < 1.29 is 9.53 Å². The van der Waals surface area contributed by atoms with Gasteiger partial charge in [-0.15, -0.1) is 0 Å². The Hall–Kier alpha value is -0.570. The van der Waals surface area contributed by atoms with Gasteiger partial charge >= 0.3 is 5.97 Å². The van der Waals surface area contributed by atoms with Crippen LogP contribution in [0.3, 0.4) is 0 Å². The summed E-state index contributed by atoms with van der Waals surface area (Å²) >= 11 is 0. The summed E-state index contributed by atoms with van der Waals surface area (Å²) < 4.78 is 4.94. The van der Waals surface area contributed by atoms with Crippen LogP contribution in [0.4, 0.5) is 0 Å². The Labute approximate surface area is 73.3 Å². The van der Waals surface area contributed by atoms with E-state index < -0.39 is 0 Å². The van der Waals surface area contributed by atoms with Gasteiger partial charge in [0.2, 0.25) is 0 Å². The molecule has 12 heavy (non-hydrogen) atoms. The molecular weight excluding hydrogens is 154 g/mol. The van der Waals surface area contributed by atoms with Crippen LogP contribution in [0.15, 0.2) is 0 Å². The smallest absolute Gasteiger partial charge is 0.309 e. The quantitative estimate of drug-likeness (QED) is 0.629. The lowest BCUT2D eigenvalue weighted by atomic mass is 9.59. The second-order valence-corrected chi connectivity index (χ2v) is 3.97. The fourth-order valence-corrected chi connectivity index (χ4v) is 1.60. The number of esters is 1. The molecule has 0 aromatic rings. The van der Waals surface area contributed by atoms with E-state index in [4.69, 9.17) is 10.5 Å². The van der Waals surface area contributed by atoms with Gasteiger partial charge in [-0.2, -0.15) is 0 Å². The van der Waals surface area contributed by atoms with E-state index in [1.165, 1.54) is 0 Å². The molecule has 3 heteroatoms. The first kappa shape index (κ1) is 9.52. The minimum Gasteiger partial charge on any atom is -0.466 e. The predicted octanol–water partition coefficient (Wildman–Crippen LogP) is 0.923. The van der Waals surface area contributed by atoms with Gasteiger partial charge in [-0.3, -0.25) is 4.79 Å². The van der Waals surface area contributed by atoms with E-state index >= 15 is 0 Å². The van der Waals surface area contributed by atoms with Gasteiger partial charge in [0.15, 0.2) is 0 Å². The maximum atomic E-state index is 11.3. The van der Waals surface area contributed by atoms with E-state index in [-0.39, 0.29) is 23.3 Å². The Morgan fingerprint density at radius 1 is 1.67 bits per heavy atom. The van der Waals surface area contributed by atoms with Crippen LogP contribution in [0.2, 0.25) is 0 Å². The van der Waals surface area contributed by atoms with Crippen molar-refractivity contribution in [2.45, 2.75) is 33.2 Å². The van der Waals surface area contributed by atoms with Crippen LogP contribution in [0.25, 0.3) is 0 Å². The van der Waals surface area contributed by atoms with Crippen molar-refractivity contribution in [2.75, 3.05) is 6.61 Å². The summed E-state index contributed by atoms with van der Waals surface area (Å²) in [6, 6.07) is 0.145. The van der Waals surface area contributed by atoms with Crippen LogP contribution in [0.5, 0.6) is 0 Å². The third-order valence-corrected chi connectivity index (χ3v) is 2.91. The Bertz CT molecular complexity index is 189. The zero-order chi connectivity index (χ0) is 9.35. The van der Waals surface area contributed by atoms with Crippen LogP contribution < -0.4 is 5.73 Å². The first-order valence-corrected chi connectivity index (χ1v) is 4.42. The van der Waals surface area contributed by atoms with Crippen LogP contribution in [-0.2, 0) is 9.53 Å². The lowest BCUT2D eigenvalue weighted by Gasteiger charge is -2.48. The summed E-state index contributed by atoms with van der Waals surface area (Å²) in [6.45, 7) is 6.32. The molecule has 1 aliphatic carbocycles. The normalized spacial score (nSPS) is 32.3. The molecule has 0 spiro atoms. The largest absolute Gasteiger partial charge is 0.466 e. The molecule has 0 aromatic carbocycles. The van der Waals surface area contributed by atoms with Crippen molar-refractivity contribution in [3.05, 3.63) is 0 Å². The van der Waals surface area contributed by atoms with Gasteiger partial charge in [0.05, 0.1) is 12.5 Å². The van der Waals surface area contributed by atoms with Gasteiger partial charge < -0.3 is 10.5 Å². The Kier molecular flexibility index (Phi) is 2.42. The van der Waals surface area contributed by atoms with Crippen LogP contribution in [0, 0.1) is 11.3 Å². The summed E-state index contributed by atoms with van der Waals surface area (Å²) in [6.07, 6.45) is 0.770. The minimum absolute atomic E-state index is 0.00690. The van der Waals surface area contributed by atoms with Gasteiger partial charge in [-0.1, -0.05) is 13.8 Å². The first-order chi connectivity index (χ1) is 5.50. The summed E-state index contributed by atoms with van der Waals surface area (Å²) in [4.78, 5) is 11.3. The lowest BCUT2D eigenvalue weighted by Crippen LogP contribution is -2.57. The highest BCUT2D eigenvalue weighted by Gasteiger charge is 2.50. The molecule has 1 saturated carbocycles. The summed E-state index contributed by atoms with van der Waals surface area (Å²) in [5, 5.41) is 0. The zero-order valence-electron chi connectivity index (χ0n) is 7.96. The third kappa shape index (κ3) is 1.33. The Balaban J connectivity index is 2.51. The molecule has 0 amide bonds. The molecule has 0 bridgehead atoms. The van der Waals surface area contributed by atoms with E-state index in [2.05, 4.69) is 0 Å². The average molecular weight is 171 g/mol. The van der Waals surface area contributed by atoms with E-state index in [0.717, 1.165) is 6.42 Å². The summed E-state index contributed by atoms with van der Waals surface area (Å²) in [5.74, 6) is -0.0864. The molecular formula is C9H17NO2. The molecule has 0 unspecified atom stereocenters. The maximum absolute atomic E-state index is 11.3. The summed E-state index contributed by atoms with van der Waals surface area (Å²) in [7, 11) is 0. The van der Waals surface area contributed by atoms with Crippen molar-refractivity contribution in [3.63, 3.8) is 0 Å². The van der Waals surface area contributed by atoms with Gasteiger partial charge in [0, 0.05) is 6.04 Å². The van der Waals surface area contributed by atoms with Crippen molar-refractivity contribution in [3.8, 4) is 0 Å².